The lowest BCUT2D eigenvalue weighted by Gasteiger charge is -2.33. The molecule has 2 aliphatic rings. The van der Waals surface area contributed by atoms with Crippen LogP contribution in [0.15, 0.2) is 41.1 Å². The van der Waals surface area contributed by atoms with Crippen molar-refractivity contribution >= 4 is 23.2 Å². The van der Waals surface area contributed by atoms with Crippen molar-refractivity contribution in [1.29, 1.82) is 0 Å². The summed E-state index contributed by atoms with van der Waals surface area (Å²) in [6.07, 6.45) is 7.51. The highest BCUT2D eigenvalue weighted by atomic mass is 32.1. The molecule has 1 aromatic carbocycles. The van der Waals surface area contributed by atoms with E-state index in [4.69, 9.17) is 0 Å². The number of nitrogens with one attached hydrogen (secondary N) is 1. The van der Waals surface area contributed by atoms with Gasteiger partial charge < -0.3 is 10.2 Å². The topological polar surface area (TPSA) is 49.4 Å². The minimum Gasteiger partial charge on any atom is -0.351 e. The SMILES string of the molecule is O=C(NC1CCCCC1)C(c1ccc(F)cc1)N(C(=O)Cc1ccsc1)C1CC1. The zero-order valence-electron chi connectivity index (χ0n) is 16.5. The van der Waals surface area contributed by atoms with E-state index in [0.717, 1.165) is 44.1 Å². The first-order valence-corrected chi connectivity index (χ1v) is 11.4. The van der Waals surface area contributed by atoms with Crippen LogP contribution in [0.2, 0.25) is 0 Å². The fraction of sp³-hybridized carbons (Fsp3) is 0.478. The highest BCUT2D eigenvalue weighted by Crippen LogP contribution is 2.36. The van der Waals surface area contributed by atoms with E-state index >= 15 is 0 Å². The largest absolute Gasteiger partial charge is 0.351 e. The van der Waals surface area contributed by atoms with E-state index in [-0.39, 0.29) is 36.1 Å². The van der Waals surface area contributed by atoms with Gasteiger partial charge in [0, 0.05) is 12.1 Å². The molecular weight excluding hydrogens is 387 g/mol. The number of carbonyl (C=O) groups excluding carboxylic acids is 2. The molecule has 154 valence electrons. The number of amides is 2. The summed E-state index contributed by atoms with van der Waals surface area (Å²) in [5.74, 6) is -0.532. The Hall–Kier alpha value is -2.21. The van der Waals surface area contributed by atoms with Crippen LogP contribution in [0, 0.1) is 5.82 Å². The molecule has 2 saturated carbocycles. The first kappa shape index (κ1) is 20.1. The second kappa shape index (κ2) is 9.08. The summed E-state index contributed by atoms with van der Waals surface area (Å²) in [6.45, 7) is 0. The van der Waals surface area contributed by atoms with Gasteiger partial charge in [-0.25, -0.2) is 4.39 Å². The Bertz CT molecular complexity index is 827. The second-order valence-corrected chi connectivity index (χ2v) is 8.92. The average molecular weight is 415 g/mol. The molecule has 0 spiro atoms. The molecule has 2 amide bonds. The highest BCUT2D eigenvalue weighted by molar-refractivity contribution is 7.08. The van der Waals surface area contributed by atoms with Crippen LogP contribution in [-0.2, 0) is 16.0 Å². The summed E-state index contributed by atoms with van der Waals surface area (Å²) in [6, 6.07) is 7.47. The van der Waals surface area contributed by atoms with Gasteiger partial charge in [-0.05, 0) is 65.8 Å². The number of rotatable bonds is 7. The maximum absolute atomic E-state index is 13.5. The van der Waals surface area contributed by atoms with Crippen LogP contribution in [0.3, 0.4) is 0 Å². The first-order chi connectivity index (χ1) is 14.1. The normalized spacial score (nSPS) is 18.2. The van der Waals surface area contributed by atoms with Crippen LogP contribution in [-0.4, -0.2) is 28.8 Å². The lowest BCUT2D eigenvalue weighted by molar-refractivity contribution is -0.141. The molecular formula is C23H27FN2O2S. The van der Waals surface area contributed by atoms with E-state index in [0.29, 0.717) is 5.56 Å². The Morgan fingerprint density at radius 1 is 1.07 bits per heavy atom. The Balaban J connectivity index is 1.60. The van der Waals surface area contributed by atoms with Crippen LogP contribution < -0.4 is 5.32 Å². The summed E-state index contributed by atoms with van der Waals surface area (Å²) in [5.41, 5.74) is 1.64. The molecule has 6 heteroatoms. The van der Waals surface area contributed by atoms with Gasteiger partial charge in [0.25, 0.3) is 0 Å². The van der Waals surface area contributed by atoms with E-state index in [1.807, 2.05) is 16.8 Å². The van der Waals surface area contributed by atoms with Crippen LogP contribution in [0.1, 0.15) is 62.1 Å². The summed E-state index contributed by atoms with van der Waals surface area (Å²) in [5, 5.41) is 7.11. The molecule has 0 saturated heterocycles. The van der Waals surface area contributed by atoms with E-state index in [1.165, 1.54) is 18.6 Å². The van der Waals surface area contributed by atoms with Crippen LogP contribution in [0.25, 0.3) is 0 Å². The fourth-order valence-corrected chi connectivity index (χ4v) is 4.85. The van der Waals surface area contributed by atoms with Gasteiger partial charge in [-0.2, -0.15) is 11.3 Å². The monoisotopic (exact) mass is 414 g/mol. The van der Waals surface area contributed by atoms with Crippen molar-refractivity contribution in [2.24, 2.45) is 0 Å². The van der Waals surface area contributed by atoms with Gasteiger partial charge in [0.05, 0.1) is 6.42 Å². The number of benzene rings is 1. The maximum Gasteiger partial charge on any atom is 0.247 e. The number of nitrogens with zero attached hydrogens (tertiary/aromatic N) is 1. The molecule has 1 N–H and O–H groups in total. The van der Waals surface area contributed by atoms with Gasteiger partial charge in [0.2, 0.25) is 11.8 Å². The van der Waals surface area contributed by atoms with Crippen molar-refractivity contribution in [2.75, 3.05) is 0 Å². The molecule has 1 heterocycles. The second-order valence-electron chi connectivity index (χ2n) is 8.14. The smallest absolute Gasteiger partial charge is 0.247 e. The third kappa shape index (κ3) is 5.04. The van der Waals surface area contributed by atoms with E-state index in [1.54, 1.807) is 28.4 Å². The molecule has 2 fully saturated rings. The van der Waals surface area contributed by atoms with Crippen molar-refractivity contribution in [3.05, 3.63) is 58.0 Å². The molecule has 2 aromatic rings. The molecule has 0 bridgehead atoms. The zero-order chi connectivity index (χ0) is 20.2. The Morgan fingerprint density at radius 3 is 2.41 bits per heavy atom. The minimum atomic E-state index is -0.712. The van der Waals surface area contributed by atoms with E-state index < -0.39 is 6.04 Å². The summed E-state index contributed by atoms with van der Waals surface area (Å²) >= 11 is 1.56. The molecule has 29 heavy (non-hydrogen) atoms. The van der Waals surface area contributed by atoms with Crippen LogP contribution in [0.4, 0.5) is 4.39 Å². The number of thiophene rings is 1. The Morgan fingerprint density at radius 2 is 1.79 bits per heavy atom. The number of halogens is 1. The van der Waals surface area contributed by atoms with Crippen molar-refractivity contribution < 1.29 is 14.0 Å². The Labute approximate surface area is 175 Å². The lowest BCUT2D eigenvalue weighted by atomic mass is 9.94. The third-order valence-electron chi connectivity index (χ3n) is 5.83. The standard InChI is InChI=1S/C23H27FN2O2S/c24-18-8-6-17(7-9-18)22(23(28)25-19-4-2-1-3-5-19)26(20-10-11-20)21(27)14-16-12-13-29-15-16/h6-9,12-13,15,19-20,22H,1-5,10-11,14H2,(H,25,28). The molecule has 0 aliphatic heterocycles. The molecule has 0 radical (unpaired) electrons. The molecule has 1 aromatic heterocycles. The van der Waals surface area contributed by atoms with Crippen LogP contribution >= 0.6 is 11.3 Å². The third-order valence-corrected chi connectivity index (χ3v) is 6.56. The van der Waals surface area contributed by atoms with Crippen molar-refractivity contribution in [3.63, 3.8) is 0 Å². The summed E-state index contributed by atoms with van der Waals surface area (Å²) in [4.78, 5) is 28.4. The van der Waals surface area contributed by atoms with Crippen LogP contribution in [0.5, 0.6) is 0 Å². The number of hydrogen-bond acceptors (Lipinski definition) is 3. The molecule has 4 nitrogen and oxygen atoms in total. The molecule has 1 unspecified atom stereocenters. The molecule has 4 rings (SSSR count). The predicted octanol–water partition coefficient (Wildman–Crippen LogP) is 4.61. The molecule has 1 atom stereocenters. The van der Waals surface area contributed by atoms with Gasteiger partial charge in [-0.1, -0.05) is 31.4 Å². The average Bonchev–Trinajstić information content (AvgIpc) is 3.43. The van der Waals surface area contributed by atoms with Crippen molar-refractivity contribution in [2.45, 2.75) is 69.5 Å². The first-order valence-electron chi connectivity index (χ1n) is 10.5. The van der Waals surface area contributed by atoms with Gasteiger partial charge in [0.1, 0.15) is 11.9 Å². The summed E-state index contributed by atoms with van der Waals surface area (Å²) < 4.78 is 13.5. The molecule has 2 aliphatic carbocycles. The van der Waals surface area contributed by atoms with Gasteiger partial charge in [0.15, 0.2) is 0 Å². The fourth-order valence-electron chi connectivity index (χ4n) is 4.18. The van der Waals surface area contributed by atoms with Gasteiger partial charge >= 0.3 is 0 Å². The quantitative estimate of drug-likeness (QED) is 0.719. The Kier molecular flexibility index (Phi) is 6.28. The maximum atomic E-state index is 13.5. The minimum absolute atomic E-state index is 0.0426. The van der Waals surface area contributed by atoms with E-state index in [2.05, 4.69) is 5.32 Å². The van der Waals surface area contributed by atoms with E-state index in [9.17, 15) is 14.0 Å². The number of carbonyl (C=O) groups is 2. The van der Waals surface area contributed by atoms with Gasteiger partial charge in [-0.3, -0.25) is 9.59 Å². The number of hydrogen-bond donors (Lipinski definition) is 1. The van der Waals surface area contributed by atoms with Gasteiger partial charge in [-0.15, -0.1) is 0 Å². The zero-order valence-corrected chi connectivity index (χ0v) is 17.3. The highest BCUT2D eigenvalue weighted by Gasteiger charge is 2.41. The predicted molar refractivity (Wildman–Crippen MR) is 112 cm³/mol. The summed E-state index contributed by atoms with van der Waals surface area (Å²) in [7, 11) is 0. The lowest BCUT2D eigenvalue weighted by Crippen LogP contribution is -2.48. The van der Waals surface area contributed by atoms with Crippen molar-refractivity contribution in [1.82, 2.24) is 10.2 Å². The van der Waals surface area contributed by atoms with Crippen molar-refractivity contribution in [3.8, 4) is 0 Å².